The molecule has 6 nitrogen and oxygen atoms in total. The number of aliphatic imine (C=N–C) groups is 2. The fourth-order valence-corrected chi connectivity index (χ4v) is 5.41. The van der Waals surface area contributed by atoms with E-state index in [0.717, 1.165) is 18.5 Å². The average molecular weight is 641 g/mol. The molecule has 1 aliphatic heterocycles. The normalized spacial score (nSPS) is 16.5. The Labute approximate surface area is 265 Å². The predicted octanol–water partition coefficient (Wildman–Crippen LogP) is 4.73. The fraction of sp³-hybridized carbons (Fsp3) is 0.206. The van der Waals surface area contributed by atoms with Gasteiger partial charge in [-0.05, 0) is 54.6 Å². The summed E-state index contributed by atoms with van der Waals surface area (Å²) < 4.78 is 14.4. The van der Waals surface area contributed by atoms with Gasteiger partial charge < -0.3 is 15.0 Å². The number of likely N-dealkylation sites (tertiary alicyclic amines) is 1. The first-order valence-electron chi connectivity index (χ1n) is 13.8. The Morgan fingerprint density at radius 3 is 2.28 bits per heavy atom. The Kier molecular flexibility index (Phi) is 11.2. The van der Waals surface area contributed by atoms with Gasteiger partial charge in [-0.15, -0.1) is 0 Å². The number of carbonyl (C=O) groups excluding carboxylic acids is 1. The van der Waals surface area contributed by atoms with Crippen LogP contribution in [0.15, 0.2) is 113 Å². The van der Waals surface area contributed by atoms with Crippen molar-refractivity contribution < 1.29 is 35.9 Å². The van der Waals surface area contributed by atoms with Gasteiger partial charge in [0, 0.05) is 35.2 Å². The average Bonchev–Trinajstić information content (AvgIpc) is 3.46. The number of aliphatic carboxylic acids is 1. The smallest absolute Gasteiger partial charge is 0.861 e. The number of hydrogen-bond acceptors (Lipinski definition) is 6. The molecule has 1 aliphatic rings. The fourth-order valence-electron chi connectivity index (χ4n) is 5.21. The molecule has 0 saturated carbocycles. The molecule has 0 aliphatic carbocycles. The van der Waals surface area contributed by atoms with E-state index in [1.807, 2.05) is 42.5 Å². The molecule has 0 radical (unpaired) electrons. The quantitative estimate of drug-likeness (QED) is 0.142. The van der Waals surface area contributed by atoms with Crippen LogP contribution in [-0.2, 0) is 34.3 Å². The van der Waals surface area contributed by atoms with E-state index in [0.29, 0.717) is 40.5 Å². The zero-order chi connectivity index (χ0) is 29.5. The minimum Gasteiger partial charge on any atom is -0.861 e. The molecule has 222 valence electrons. The molecule has 4 aromatic rings. The van der Waals surface area contributed by atoms with Gasteiger partial charge in [0.15, 0.2) is 0 Å². The van der Waals surface area contributed by atoms with Crippen molar-refractivity contribution >= 4 is 34.9 Å². The van der Waals surface area contributed by atoms with Crippen LogP contribution in [0.5, 0.6) is 0 Å². The topological polar surface area (TPSA) is 91.1 Å². The maximum absolute atomic E-state index is 14.4. The number of para-hydroxylation sites is 1. The van der Waals surface area contributed by atoms with Gasteiger partial charge in [-0.1, -0.05) is 96.5 Å². The monoisotopic (exact) mass is 639 g/mol. The zero-order valence-electron chi connectivity index (χ0n) is 23.1. The Hall–Kier alpha value is -3.84. The van der Waals surface area contributed by atoms with E-state index in [9.17, 15) is 19.4 Å². The first kappa shape index (κ1) is 32.1. The third-order valence-electron chi connectivity index (χ3n) is 7.35. The second-order valence-corrected chi connectivity index (χ2v) is 10.6. The zero-order valence-corrected chi connectivity index (χ0v) is 24.9. The van der Waals surface area contributed by atoms with Crippen molar-refractivity contribution in [2.45, 2.75) is 37.9 Å². The van der Waals surface area contributed by atoms with E-state index in [4.69, 9.17) is 11.6 Å². The van der Waals surface area contributed by atoms with Crippen molar-refractivity contribution in [1.29, 1.82) is 0 Å². The number of nitrogens with zero attached hydrogens (tertiary/aromatic N) is 3. The number of carbonyl (C=O) groups is 1. The second-order valence-electron chi connectivity index (χ2n) is 10.2. The summed E-state index contributed by atoms with van der Waals surface area (Å²) in [6, 6.07) is 27.9. The van der Waals surface area contributed by atoms with Crippen molar-refractivity contribution in [1.82, 2.24) is 4.90 Å². The minimum atomic E-state index is -1.43. The van der Waals surface area contributed by atoms with Gasteiger partial charge in [0.1, 0.15) is 5.82 Å². The van der Waals surface area contributed by atoms with Gasteiger partial charge >= 0.3 is 16.5 Å². The Balaban J connectivity index is 0.00000423. The summed E-state index contributed by atoms with van der Waals surface area (Å²) in [5, 5.41) is 26.5. The van der Waals surface area contributed by atoms with Crippen molar-refractivity contribution in [3.8, 4) is 0 Å². The molecule has 4 aromatic carbocycles. The molecule has 43 heavy (non-hydrogen) atoms. The maximum Gasteiger partial charge on any atom is 2.00 e. The van der Waals surface area contributed by atoms with Crippen molar-refractivity contribution in [3.05, 3.63) is 136 Å². The number of hydrogen-bond donors (Lipinski definition) is 0. The summed E-state index contributed by atoms with van der Waals surface area (Å²) in [7, 11) is 0. The van der Waals surface area contributed by atoms with Crippen molar-refractivity contribution in [2.75, 3.05) is 6.54 Å². The minimum absolute atomic E-state index is 0. The van der Waals surface area contributed by atoms with Crippen LogP contribution >= 0.6 is 11.6 Å². The van der Waals surface area contributed by atoms with Gasteiger partial charge in [-0.25, -0.2) is 4.39 Å². The summed E-state index contributed by atoms with van der Waals surface area (Å²) in [5.41, 5.74) is 2.99. The Morgan fingerprint density at radius 2 is 1.56 bits per heavy atom. The van der Waals surface area contributed by atoms with Gasteiger partial charge in [0.05, 0.1) is 23.4 Å². The standard InChI is InChI=1S/C34H31ClFN3O3.Ni/c35-27-16-7-4-14-25(27)22-39-20-10-19-31(39)33(40)38-29-18-9-6-15-26(29)32(23-11-2-1-3-12-23)37-30(34(41)42)21-24-13-5-8-17-28(24)36;/h1-9,11-18,30-31H,10,19-22H2,(H,38,40)(H,41,42);/q;+2/p-2/t30-,31-;/m0./s1. The molecule has 0 unspecified atom stereocenters. The van der Waals surface area contributed by atoms with E-state index in [2.05, 4.69) is 14.9 Å². The Morgan fingerprint density at radius 1 is 0.907 bits per heavy atom. The summed E-state index contributed by atoms with van der Waals surface area (Å²) in [5.74, 6) is -2.24. The van der Waals surface area contributed by atoms with Crippen molar-refractivity contribution in [2.24, 2.45) is 9.98 Å². The molecule has 5 rings (SSSR count). The third kappa shape index (κ3) is 7.96. The van der Waals surface area contributed by atoms with Gasteiger partial charge in [0.2, 0.25) is 0 Å². The molecule has 2 atom stereocenters. The van der Waals surface area contributed by atoms with E-state index < -0.39 is 23.9 Å². The van der Waals surface area contributed by atoms with Crippen LogP contribution in [0, 0.1) is 5.82 Å². The van der Waals surface area contributed by atoms with Crippen LogP contribution in [0.2, 0.25) is 5.02 Å². The number of halogens is 2. The van der Waals surface area contributed by atoms with Crippen LogP contribution in [0.3, 0.4) is 0 Å². The molecule has 0 aromatic heterocycles. The molecule has 1 heterocycles. The van der Waals surface area contributed by atoms with Crippen LogP contribution in [0.1, 0.15) is 35.1 Å². The van der Waals surface area contributed by atoms with E-state index in [1.54, 1.807) is 48.5 Å². The molecule has 0 amide bonds. The van der Waals surface area contributed by atoms with Crippen LogP contribution < -0.4 is 10.2 Å². The van der Waals surface area contributed by atoms with E-state index >= 15 is 0 Å². The number of carboxylic acids is 1. The summed E-state index contributed by atoms with van der Waals surface area (Å²) in [6.07, 6.45) is 1.34. The summed E-state index contributed by atoms with van der Waals surface area (Å²) in [4.78, 5) is 23.4. The number of benzene rings is 4. The van der Waals surface area contributed by atoms with Crippen LogP contribution in [0.4, 0.5) is 10.1 Å². The largest absolute Gasteiger partial charge is 2.00 e. The molecule has 1 fully saturated rings. The molecular weight excluding hydrogens is 612 g/mol. The predicted molar refractivity (Wildman–Crippen MR) is 159 cm³/mol. The summed E-state index contributed by atoms with van der Waals surface area (Å²) in [6.45, 7) is 1.28. The van der Waals surface area contributed by atoms with Crippen LogP contribution in [0.25, 0.3) is 0 Å². The van der Waals surface area contributed by atoms with Crippen LogP contribution in [-0.4, -0.2) is 41.1 Å². The maximum atomic E-state index is 14.4. The molecule has 1 saturated heterocycles. The first-order valence-corrected chi connectivity index (χ1v) is 14.2. The SMILES string of the molecule is O=C([O-])[C@H](Cc1ccccc1F)N=C(c1ccccc1)c1ccccc1N=C([O-])[C@@H]1CCCN1Cc1ccccc1Cl.[Ni+2]. The molecular formula is C34H29ClFN3NiO3. The molecule has 0 N–H and O–H groups in total. The Bertz CT molecular complexity index is 1620. The molecule has 0 bridgehead atoms. The molecule has 9 heteroatoms. The third-order valence-corrected chi connectivity index (χ3v) is 7.71. The van der Waals surface area contributed by atoms with Gasteiger partial charge in [0.25, 0.3) is 0 Å². The van der Waals surface area contributed by atoms with E-state index in [-0.39, 0.29) is 34.4 Å². The molecule has 0 spiro atoms. The van der Waals surface area contributed by atoms with Crippen molar-refractivity contribution in [3.63, 3.8) is 0 Å². The second kappa shape index (κ2) is 15.1. The first-order chi connectivity index (χ1) is 20.4. The number of carboxylic acid groups (broad SMARTS) is 1. The summed E-state index contributed by atoms with van der Waals surface area (Å²) >= 11 is 6.38. The number of rotatable bonds is 10. The van der Waals surface area contributed by atoms with E-state index in [1.165, 1.54) is 12.1 Å². The van der Waals surface area contributed by atoms with Gasteiger partial charge in [-0.2, -0.15) is 0 Å². The van der Waals surface area contributed by atoms with Gasteiger partial charge in [-0.3, -0.25) is 14.9 Å².